The minimum Gasteiger partial charge on any atom is -0.507 e. The Balaban J connectivity index is 3.40. The Kier molecular flexibility index (Phi) is 2.13. The highest BCUT2D eigenvalue weighted by atomic mass is 16.5. The molecule has 0 atom stereocenters. The molecule has 0 bridgehead atoms. The van der Waals surface area contributed by atoms with E-state index in [9.17, 15) is 10.2 Å². The Morgan fingerprint density at radius 1 is 1.25 bits per heavy atom. The molecule has 3 nitrogen and oxygen atoms in total. The number of phenols is 2. The summed E-state index contributed by atoms with van der Waals surface area (Å²) in [5.74, 6) is 0.563. The summed E-state index contributed by atoms with van der Waals surface area (Å²) < 4.78 is 4.90. The molecule has 0 saturated heterocycles. The molecule has 12 heavy (non-hydrogen) atoms. The number of hydrogen-bond acceptors (Lipinski definition) is 3. The normalized spacial score (nSPS) is 9.92. The number of benzene rings is 1. The maximum Gasteiger partial charge on any atom is 0.167 e. The first-order valence-electron chi connectivity index (χ1n) is 3.64. The van der Waals surface area contributed by atoms with Crippen molar-refractivity contribution in [1.82, 2.24) is 0 Å². The van der Waals surface area contributed by atoms with Crippen LogP contribution in [0.3, 0.4) is 0 Å². The van der Waals surface area contributed by atoms with E-state index in [1.54, 1.807) is 13.8 Å². The second-order valence-electron chi connectivity index (χ2n) is 2.72. The van der Waals surface area contributed by atoms with Crippen molar-refractivity contribution in [3.05, 3.63) is 17.2 Å². The molecule has 0 aliphatic heterocycles. The molecule has 3 heteroatoms. The molecule has 0 heterocycles. The van der Waals surface area contributed by atoms with Gasteiger partial charge in [0.25, 0.3) is 0 Å². The van der Waals surface area contributed by atoms with Crippen LogP contribution < -0.4 is 4.74 Å². The molecule has 2 N–H and O–H groups in total. The van der Waals surface area contributed by atoms with Gasteiger partial charge in [-0.25, -0.2) is 0 Å². The largest absolute Gasteiger partial charge is 0.507 e. The van der Waals surface area contributed by atoms with Gasteiger partial charge in [-0.1, -0.05) is 0 Å². The number of rotatable bonds is 1. The molecule has 1 rings (SSSR count). The zero-order chi connectivity index (χ0) is 9.30. The van der Waals surface area contributed by atoms with E-state index in [1.807, 2.05) is 0 Å². The standard InChI is InChI=1S/C9H12O3/c1-5-4-7(10)9(12-3)6(2)8(5)11/h4,10-11H,1-3H3. The second kappa shape index (κ2) is 2.93. The van der Waals surface area contributed by atoms with Crippen LogP contribution in [0.15, 0.2) is 6.07 Å². The monoisotopic (exact) mass is 168 g/mol. The molecule has 0 spiro atoms. The third kappa shape index (κ3) is 1.18. The van der Waals surface area contributed by atoms with E-state index in [0.29, 0.717) is 16.9 Å². The van der Waals surface area contributed by atoms with Gasteiger partial charge in [0.2, 0.25) is 0 Å². The van der Waals surface area contributed by atoms with Crippen molar-refractivity contribution in [3.63, 3.8) is 0 Å². The SMILES string of the molecule is COc1c(O)cc(C)c(O)c1C. The summed E-state index contributed by atoms with van der Waals surface area (Å²) >= 11 is 0. The van der Waals surface area contributed by atoms with Crippen molar-refractivity contribution in [3.8, 4) is 17.2 Å². The molecule has 66 valence electrons. The molecular formula is C9H12O3. The lowest BCUT2D eigenvalue weighted by Crippen LogP contribution is -1.90. The number of aromatic hydroxyl groups is 2. The lowest BCUT2D eigenvalue weighted by atomic mass is 10.1. The van der Waals surface area contributed by atoms with Gasteiger partial charge in [-0.15, -0.1) is 0 Å². The summed E-state index contributed by atoms with van der Waals surface area (Å²) in [5.41, 5.74) is 1.21. The van der Waals surface area contributed by atoms with Crippen LogP contribution in [0.5, 0.6) is 17.2 Å². The topological polar surface area (TPSA) is 49.7 Å². The smallest absolute Gasteiger partial charge is 0.167 e. The lowest BCUT2D eigenvalue weighted by Gasteiger charge is -2.10. The molecule has 0 aliphatic rings. The number of phenolic OH excluding ortho intramolecular Hbond substituents is 2. The average Bonchev–Trinajstić information content (AvgIpc) is 2.01. The first-order valence-corrected chi connectivity index (χ1v) is 3.64. The van der Waals surface area contributed by atoms with E-state index in [1.165, 1.54) is 13.2 Å². The van der Waals surface area contributed by atoms with Crippen LogP contribution in [0.4, 0.5) is 0 Å². The van der Waals surface area contributed by atoms with Crippen LogP contribution in [-0.4, -0.2) is 17.3 Å². The molecule has 0 radical (unpaired) electrons. The van der Waals surface area contributed by atoms with Crippen molar-refractivity contribution in [2.45, 2.75) is 13.8 Å². The fourth-order valence-corrected chi connectivity index (χ4v) is 1.19. The van der Waals surface area contributed by atoms with E-state index in [2.05, 4.69) is 0 Å². The third-order valence-corrected chi connectivity index (χ3v) is 1.86. The van der Waals surface area contributed by atoms with Crippen molar-refractivity contribution < 1.29 is 14.9 Å². The fourth-order valence-electron chi connectivity index (χ4n) is 1.19. The van der Waals surface area contributed by atoms with Gasteiger partial charge in [0.15, 0.2) is 11.5 Å². The summed E-state index contributed by atoms with van der Waals surface area (Å²) in [6.45, 7) is 3.42. The predicted molar refractivity (Wildman–Crippen MR) is 45.8 cm³/mol. The molecule has 0 fully saturated rings. The maximum atomic E-state index is 9.45. The van der Waals surface area contributed by atoms with Crippen LogP contribution in [0.2, 0.25) is 0 Å². The number of hydrogen-bond donors (Lipinski definition) is 2. The van der Waals surface area contributed by atoms with Gasteiger partial charge in [-0.3, -0.25) is 0 Å². The Morgan fingerprint density at radius 3 is 2.33 bits per heavy atom. The summed E-state index contributed by atoms with van der Waals surface area (Å²) in [5, 5.41) is 18.8. The van der Waals surface area contributed by atoms with Gasteiger partial charge in [-0.05, 0) is 25.5 Å². The van der Waals surface area contributed by atoms with Crippen LogP contribution in [0, 0.1) is 13.8 Å². The van der Waals surface area contributed by atoms with E-state index < -0.39 is 0 Å². The zero-order valence-electron chi connectivity index (χ0n) is 7.38. The van der Waals surface area contributed by atoms with Crippen LogP contribution >= 0.6 is 0 Å². The van der Waals surface area contributed by atoms with Crippen LogP contribution in [0.25, 0.3) is 0 Å². The van der Waals surface area contributed by atoms with E-state index in [-0.39, 0.29) is 11.5 Å². The lowest BCUT2D eigenvalue weighted by molar-refractivity contribution is 0.364. The summed E-state index contributed by atoms with van der Waals surface area (Å²) in [4.78, 5) is 0. The molecule has 1 aromatic rings. The molecule has 1 aromatic carbocycles. The molecule has 0 unspecified atom stereocenters. The highest BCUT2D eigenvalue weighted by molar-refractivity contribution is 5.55. The van der Waals surface area contributed by atoms with Gasteiger partial charge in [0.05, 0.1) is 7.11 Å². The Labute approximate surface area is 71.2 Å². The van der Waals surface area contributed by atoms with Gasteiger partial charge >= 0.3 is 0 Å². The van der Waals surface area contributed by atoms with Crippen molar-refractivity contribution in [2.75, 3.05) is 7.11 Å². The summed E-state index contributed by atoms with van der Waals surface area (Å²) in [6, 6.07) is 1.47. The molecule has 0 aromatic heterocycles. The second-order valence-corrected chi connectivity index (χ2v) is 2.72. The van der Waals surface area contributed by atoms with Gasteiger partial charge in [-0.2, -0.15) is 0 Å². The number of aryl methyl sites for hydroxylation is 1. The number of methoxy groups -OCH3 is 1. The Bertz CT molecular complexity index is 305. The van der Waals surface area contributed by atoms with Gasteiger partial charge in [0.1, 0.15) is 5.75 Å². The van der Waals surface area contributed by atoms with E-state index >= 15 is 0 Å². The zero-order valence-corrected chi connectivity index (χ0v) is 7.38. The third-order valence-electron chi connectivity index (χ3n) is 1.86. The molecule has 0 amide bonds. The first-order chi connectivity index (χ1) is 5.57. The minimum atomic E-state index is 0.0605. The minimum absolute atomic E-state index is 0.0605. The maximum absolute atomic E-state index is 9.45. The van der Waals surface area contributed by atoms with Crippen LogP contribution in [-0.2, 0) is 0 Å². The summed E-state index contributed by atoms with van der Waals surface area (Å²) in [6.07, 6.45) is 0. The highest BCUT2D eigenvalue weighted by Crippen LogP contribution is 2.37. The van der Waals surface area contributed by atoms with Crippen molar-refractivity contribution in [2.24, 2.45) is 0 Å². The Morgan fingerprint density at radius 2 is 1.83 bits per heavy atom. The van der Waals surface area contributed by atoms with E-state index in [4.69, 9.17) is 4.74 Å². The number of ether oxygens (including phenoxy) is 1. The van der Waals surface area contributed by atoms with Crippen molar-refractivity contribution >= 4 is 0 Å². The quantitative estimate of drug-likeness (QED) is 0.628. The summed E-state index contributed by atoms with van der Waals surface area (Å²) in [7, 11) is 1.46. The fraction of sp³-hybridized carbons (Fsp3) is 0.333. The van der Waals surface area contributed by atoms with E-state index in [0.717, 1.165) is 0 Å². The van der Waals surface area contributed by atoms with Gasteiger partial charge in [0, 0.05) is 5.56 Å². The first kappa shape index (κ1) is 8.71. The Hall–Kier alpha value is -1.38. The van der Waals surface area contributed by atoms with Crippen LogP contribution in [0.1, 0.15) is 11.1 Å². The predicted octanol–water partition coefficient (Wildman–Crippen LogP) is 1.72. The van der Waals surface area contributed by atoms with Gasteiger partial charge < -0.3 is 14.9 Å². The molecule has 0 saturated carbocycles. The van der Waals surface area contributed by atoms with Crippen molar-refractivity contribution in [1.29, 1.82) is 0 Å². The average molecular weight is 168 g/mol. The molecule has 0 aliphatic carbocycles. The molecular weight excluding hydrogens is 156 g/mol. The highest BCUT2D eigenvalue weighted by Gasteiger charge is 2.11.